The smallest absolute Gasteiger partial charge is 0.144 e. The standard InChI is InChI=1S/C16H22N2OS/c1-11(2)19-15-10-13(7-8-14(15)17)18(4)12(3)16-6-5-9-20-16/h5-12H,17H2,1-4H3. The van der Waals surface area contributed by atoms with Gasteiger partial charge in [-0.2, -0.15) is 0 Å². The van der Waals surface area contributed by atoms with Crippen LogP contribution >= 0.6 is 11.3 Å². The van der Waals surface area contributed by atoms with Crippen LogP contribution in [0.2, 0.25) is 0 Å². The van der Waals surface area contributed by atoms with Gasteiger partial charge in [0.25, 0.3) is 0 Å². The third-order valence-electron chi connectivity index (χ3n) is 3.30. The first-order valence-electron chi connectivity index (χ1n) is 6.81. The van der Waals surface area contributed by atoms with Crippen LogP contribution in [-0.2, 0) is 0 Å². The van der Waals surface area contributed by atoms with Crippen LogP contribution in [0.25, 0.3) is 0 Å². The number of rotatable bonds is 5. The van der Waals surface area contributed by atoms with Crippen molar-refractivity contribution in [3.8, 4) is 5.75 Å². The molecule has 1 aromatic carbocycles. The summed E-state index contributed by atoms with van der Waals surface area (Å²) < 4.78 is 5.76. The van der Waals surface area contributed by atoms with Gasteiger partial charge in [0.05, 0.1) is 17.8 Å². The molecule has 2 N–H and O–H groups in total. The van der Waals surface area contributed by atoms with Crippen molar-refractivity contribution in [1.29, 1.82) is 0 Å². The van der Waals surface area contributed by atoms with Gasteiger partial charge in [-0.15, -0.1) is 11.3 Å². The molecule has 0 radical (unpaired) electrons. The summed E-state index contributed by atoms with van der Waals surface area (Å²) in [6, 6.07) is 10.5. The van der Waals surface area contributed by atoms with E-state index >= 15 is 0 Å². The van der Waals surface area contributed by atoms with Crippen LogP contribution in [0.1, 0.15) is 31.7 Å². The molecule has 0 bridgehead atoms. The number of hydrogen-bond acceptors (Lipinski definition) is 4. The number of thiophene rings is 1. The predicted octanol–water partition coefficient (Wildman–Crippen LogP) is 4.31. The highest BCUT2D eigenvalue weighted by atomic mass is 32.1. The maximum atomic E-state index is 5.97. The Morgan fingerprint density at radius 2 is 1.95 bits per heavy atom. The minimum absolute atomic E-state index is 0.118. The Bertz CT molecular complexity index is 552. The average Bonchev–Trinajstić information content (AvgIpc) is 2.93. The number of ether oxygens (including phenoxy) is 1. The maximum absolute atomic E-state index is 5.97. The lowest BCUT2D eigenvalue weighted by Crippen LogP contribution is -2.21. The van der Waals surface area contributed by atoms with Crippen LogP contribution in [0.5, 0.6) is 5.75 Å². The zero-order valence-corrected chi connectivity index (χ0v) is 13.3. The van der Waals surface area contributed by atoms with Crippen molar-refractivity contribution in [3.05, 3.63) is 40.6 Å². The van der Waals surface area contributed by atoms with Crippen LogP contribution in [-0.4, -0.2) is 13.2 Å². The van der Waals surface area contributed by atoms with Gasteiger partial charge in [-0.05, 0) is 44.4 Å². The van der Waals surface area contributed by atoms with Crippen LogP contribution in [0.4, 0.5) is 11.4 Å². The molecule has 20 heavy (non-hydrogen) atoms. The van der Waals surface area contributed by atoms with E-state index in [0.717, 1.165) is 11.4 Å². The Kier molecular flexibility index (Phi) is 4.55. The second-order valence-electron chi connectivity index (χ2n) is 5.19. The topological polar surface area (TPSA) is 38.5 Å². The number of nitrogens with two attached hydrogens (primary N) is 1. The van der Waals surface area contributed by atoms with E-state index < -0.39 is 0 Å². The molecule has 4 heteroatoms. The lowest BCUT2D eigenvalue weighted by Gasteiger charge is -2.27. The van der Waals surface area contributed by atoms with Crippen LogP contribution < -0.4 is 15.4 Å². The molecule has 0 aliphatic rings. The van der Waals surface area contributed by atoms with Crippen molar-refractivity contribution in [1.82, 2.24) is 0 Å². The molecule has 0 aliphatic heterocycles. The molecule has 1 atom stereocenters. The van der Waals surface area contributed by atoms with Gasteiger partial charge in [-0.25, -0.2) is 0 Å². The summed E-state index contributed by atoms with van der Waals surface area (Å²) in [5.41, 5.74) is 7.75. The van der Waals surface area contributed by atoms with E-state index in [0.29, 0.717) is 11.7 Å². The van der Waals surface area contributed by atoms with E-state index in [1.807, 2.05) is 32.0 Å². The van der Waals surface area contributed by atoms with Crippen LogP contribution in [0.15, 0.2) is 35.7 Å². The Morgan fingerprint density at radius 3 is 2.55 bits per heavy atom. The molecule has 1 heterocycles. The molecule has 0 spiro atoms. The first-order valence-corrected chi connectivity index (χ1v) is 7.69. The minimum Gasteiger partial charge on any atom is -0.489 e. The van der Waals surface area contributed by atoms with Crippen molar-refractivity contribution in [2.45, 2.75) is 32.9 Å². The Labute approximate surface area is 125 Å². The molecule has 1 aromatic heterocycles. The van der Waals surface area contributed by atoms with Gasteiger partial charge in [0, 0.05) is 23.7 Å². The highest BCUT2D eigenvalue weighted by Crippen LogP contribution is 2.33. The summed E-state index contributed by atoms with van der Waals surface area (Å²) in [6.45, 7) is 6.21. The molecule has 108 valence electrons. The fourth-order valence-corrected chi connectivity index (χ4v) is 2.87. The maximum Gasteiger partial charge on any atom is 0.144 e. The first-order chi connectivity index (χ1) is 9.49. The summed E-state index contributed by atoms with van der Waals surface area (Å²) in [5, 5.41) is 2.11. The summed E-state index contributed by atoms with van der Waals surface area (Å²) in [4.78, 5) is 3.58. The fourth-order valence-electron chi connectivity index (χ4n) is 2.04. The van der Waals surface area contributed by atoms with Crippen molar-refractivity contribution in [2.75, 3.05) is 17.7 Å². The summed E-state index contributed by atoms with van der Waals surface area (Å²) in [7, 11) is 2.09. The van der Waals surface area contributed by atoms with E-state index in [9.17, 15) is 0 Å². The molecule has 1 unspecified atom stereocenters. The number of anilines is 2. The largest absolute Gasteiger partial charge is 0.489 e. The van der Waals surface area contributed by atoms with E-state index in [2.05, 4.69) is 36.4 Å². The van der Waals surface area contributed by atoms with Gasteiger partial charge < -0.3 is 15.4 Å². The van der Waals surface area contributed by atoms with Gasteiger partial charge in [0.2, 0.25) is 0 Å². The zero-order chi connectivity index (χ0) is 14.7. The Morgan fingerprint density at radius 1 is 1.20 bits per heavy atom. The second kappa shape index (κ2) is 6.18. The summed E-state index contributed by atoms with van der Waals surface area (Å²) in [5.74, 6) is 0.753. The van der Waals surface area contributed by atoms with E-state index in [4.69, 9.17) is 10.5 Å². The molecular weight excluding hydrogens is 268 g/mol. The molecule has 0 amide bonds. The highest BCUT2D eigenvalue weighted by molar-refractivity contribution is 7.10. The summed E-state index contributed by atoms with van der Waals surface area (Å²) >= 11 is 1.77. The Hall–Kier alpha value is -1.68. The molecular formula is C16H22N2OS. The first kappa shape index (κ1) is 14.7. The zero-order valence-electron chi connectivity index (χ0n) is 12.5. The third-order valence-corrected chi connectivity index (χ3v) is 4.35. The Balaban J connectivity index is 2.23. The van der Waals surface area contributed by atoms with Crippen LogP contribution in [0, 0.1) is 0 Å². The fraction of sp³-hybridized carbons (Fsp3) is 0.375. The number of hydrogen-bond donors (Lipinski definition) is 1. The molecule has 0 saturated heterocycles. The molecule has 2 aromatic rings. The van der Waals surface area contributed by atoms with Gasteiger partial charge in [0.1, 0.15) is 5.75 Å². The van der Waals surface area contributed by atoms with Gasteiger partial charge in [0.15, 0.2) is 0 Å². The van der Waals surface area contributed by atoms with E-state index in [1.54, 1.807) is 11.3 Å². The number of nitrogen functional groups attached to an aromatic ring is 1. The summed E-state index contributed by atoms with van der Waals surface area (Å²) in [6.07, 6.45) is 0.118. The third kappa shape index (κ3) is 3.25. The lowest BCUT2D eigenvalue weighted by molar-refractivity contribution is 0.244. The van der Waals surface area contributed by atoms with E-state index in [-0.39, 0.29) is 6.10 Å². The quantitative estimate of drug-likeness (QED) is 0.834. The number of benzene rings is 1. The van der Waals surface area contributed by atoms with Crippen LogP contribution in [0.3, 0.4) is 0 Å². The second-order valence-corrected chi connectivity index (χ2v) is 6.17. The van der Waals surface area contributed by atoms with Gasteiger partial charge in [-0.3, -0.25) is 0 Å². The average molecular weight is 290 g/mol. The molecule has 0 saturated carbocycles. The predicted molar refractivity (Wildman–Crippen MR) is 87.8 cm³/mol. The highest BCUT2D eigenvalue weighted by Gasteiger charge is 2.15. The lowest BCUT2D eigenvalue weighted by atomic mass is 10.2. The molecule has 3 nitrogen and oxygen atoms in total. The molecule has 2 rings (SSSR count). The minimum atomic E-state index is 0.118. The SMILES string of the molecule is CC(C)Oc1cc(N(C)C(C)c2cccs2)ccc1N. The van der Waals surface area contributed by atoms with Crippen molar-refractivity contribution in [2.24, 2.45) is 0 Å². The normalized spacial score (nSPS) is 12.4. The van der Waals surface area contributed by atoms with Crippen molar-refractivity contribution < 1.29 is 4.74 Å². The van der Waals surface area contributed by atoms with Gasteiger partial charge in [-0.1, -0.05) is 6.07 Å². The van der Waals surface area contributed by atoms with Crippen molar-refractivity contribution >= 4 is 22.7 Å². The number of nitrogens with zero attached hydrogens (tertiary/aromatic N) is 1. The van der Waals surface area contributed by atoms with Crippen molar-refractivity contribution in [3.63, 3.8) is 0 Å². The van der Waals surface area contributed by atoms with Gasteiger partial charge >= 0.3 is 0 Å². The van der Waals surface area contributed by atoms with E-state index in [1.165, 1.54) is 4.88 Å². The molecule has 0 fully saturated rings. The monoisotopic (exact) mass is 290 g/mol. The molecule has 0 aliphatic carbocycles.